The third-order valence-electron chi connectivity index (χ3n) is 4.53. The standard InChI is InChI=1S/C19H17Cl2F4N5O/c1-9-15(10(2)29(27-9)7-11-4-3-5-12(20)6-11)26-13(31)8-30-17(19(24)25)14(21)16(28-30)18(22)23/h3-6,18-19H,7-8H2,1-2H3,(H,26,31). The van der Waals surface area contributed by atoms with E-state index in [2.05, 4.69) is 15.5 Å². The molecule has 1 aromatic carbocycles. The molecule has 0 fully saturated rings. The van der Waals surface area contributed by atoms with Gasteiger partial charge in [0.1, 0.15) is 17.9 Å². The van der Waals surface area contributed by atoms with E-state index >= 15 is 0 Å². The van der Waals surface area contributed by atoms with Crippen LogP contribution >= 0.6 is 23.2 Å². The lowest BCUT2D eigenvalue weighted by atomic mass is 10.2. The average Bonchev–Trinajstić information content (AvgIpc) is 3.13. The van der Waals surface area contributed by atoms with E-state index in [4.69, 9.17) is 23.2 Å². The monoisotopic (exact) mass is 477 g/mol. The van der Waals surface area contributed by atoms with Gasteiger partial charge < -0.3 is 5.32 Å². The summed E-state index contributed by atoms with van der Waals surface area (Å²) >= 11 is 11.6. The zero-order chi connectivity index (χ0) is 22.9. The molecule has 1 amide bonds. The van der Waals surface area contributed by atoms with Crippen molar-refractivity contribution >= 4 is 34.8 Å². The Kier molecular flexibility index (Phi) is 6.90. The van der Waals surface area contributed by atoms with Crippen LogP contribution in [0.5, 0.6) is 0 Å². The van der Waals surface area contributed by atoms with Crippen LogP contribution in [0.2, 0.25) is 10.0 Å². The smallest absolute Gasteiger partial charge is 0.283 e. The largest absolute Gasteiger partial charge is 0.321 e. The number of halogens is 6. The number of alkyl halides is 4. The molecule has 0 saturated heterocycles. The minimum Gasteiger partial charge on any atom is -0.321 e. The maximum Gasteiger partial charge on any atom is 0.283 e. The summed E-state index contributed by atoms with van der Waals surface area (Å²) in [5.41, 5.74) is 0.463. The van der Waals surface area contributed by atoms with Gasteiger partial charge in [-0.25, -0.2) is 17.6 Å². The van der Waals surface area contributed by atoms with Crippen LogP contribution in [-0.4, -0.2) is 25.5 Å². The molecule has 31 heavy (non-hydrogen) atoms. The Balaban J connectivity index is 1.80. The van der Waals surface area contributed by atoms with E-state index in [1.165, 1.54) is 0 Å². The molecule has 12 heteroatoms. The van der Waals surface area contributed by atoms with Crippen molar-refractivity contribution in [2.75, 3.05) is 5.32 Å². The Morgan fingerprint density at radius 3 is 2.42 bits per heavy atom. The maximum atomic E-state index is 13.3. The number of rotatable bonds is 7. The van der Waals surface area contributed by atoms with Crippen molar-refractivity contribution in [3.8, 4) is 0 Å². The first-order valence-electron chi connectivity index (χ1n) is 8.99. The van der Waals surface area contributed by atoms with Gasteiger partial charge >= 0.3 is 0 Å². The summed E-state index contributed by atoms with van der Waals surface area (Å²) in [7, 11) is 0. The average molecular weight is 478 g/mol. The van der Waals surface area contributed by atoms with Crippen molar-refractivity contribution in [3.63, 3.8) is 0 Å². The fourth-order valence-electron chi connectivity index (χ4n) is 3.10. The molecule has 2 heterocycles. The number of amides is 1. The van der Waals surface area contributed by atoms with Crippen LogP contribution < -0.4 is 5.32 Å². The summed E-state index contributed by atoms with van der Waals surface area (Å²) in [4.78, 5) is 12.5. The highest BCUT2D eigenvalue weighted by Crippen LogP contribution is 2.34. The number of aryl methyl sites for hydroxylation is 1. The van der Waals surface area contributed by atoms with Gasteiger partial charge in [0.05, 0.1) is 28.6 Å². The van der Waals surface area contributed by atoms with E-state index in [0.717, 1.165) is 5.56 Å². The number of aromatic nitrogens is 4. The molecule has 0 unspecified atom stereocenters. The molecule has 0 spiro atoms. The van der Waals surface area contributed by atoms with Crippen LogP contribution in [0.25, 0.3) is 0 Å². The highest BCUT2D eigenvalue weighted by atomic mass is 35.5. The first kappa shape index (κ1) is 23.1. The number of nitrogens with zero attached hydrogens (tertiary/aromatic N) is 4. The molecule has 0 aliphatic carbocycles. The number of carbonyl (C=O) groups is 1. The molecular weight excluding hydrogens is 461 g/mol. The highest BCUT2D eigenvalue weighted by Gasteiger charge is 2.29. The van der Waals surface area contributed by atoms with Gasteiger partial charge in [0.15, 0.2) is 0 Å². The zero-order valence-electron chi connectivity index (χ0n) is 16.3. The fourth-order valence-corrected chi connectivity index (χ4v) is 3.61. The van der Waals surface area contributed by atoms with E-state index in [1.54, 1.807) is 36.7 Å². The third-order valence-corrected chi connectivity index (χ3v) is 5.15. The van der Waals surface area contributed by atoms with Gasteiger partial charge in [0.2, 0.25) is 5.91 Å². The molecule has 3 rings (SSSR count). The zero-order valence-corrected chi connectivity index (χ0v) is 17.9. The van der Waals surface area contributed by atoms with Crippen molar-refractivity contribution in [1.82, 2.24) is 19.6 Å². The summed E-state index contributed by atoms with van der Waals surface area (Å²) in [6, 6.07) is 7.20. The molecular formula is C19H17Cl2F4N5O. The second-order valence-electron chi connectivity index (χ2n) is 6.73. The predicted octanol–water partition coefficient (Wildman–Crippen LogP) is 5.57. The normalized spacial score (nSPS) is 11.5. The first-order chi connectivity index (χ1) is 14.6. The summed E-state index contributed by atoms with van der Waals surface area (Å²) < 4.78 is 54.6. The van der Waals surface area contributed by atoms with Crippen molar-refractivity contribution in [2.45, 2.75) is 39.8 Å². The highest BCUT2D eigenvalue weighted by molar-refractivity contribution is 6.32. The van der Waals surface area contributed by atoms with Gasteiger partial charge in [-0.1, -0.05) is 35.3 Å². The summed E-state index contributed by atoms with van der Waals surface area (Å²) in [5.74, 6) is -0.740. The van der Waals surface area contributed by atoms with Gasteiger partial charge in [0.25, 0.3) is 12.9 Å². The lowest BCUT2D eigenvalue weighted by Gasteiger charge is -2.09. The van der Waals surface area contributed by atoms with Gasteiger partial charge in [0, 0.05) is 5.02 Å². The number of hydrogen-bond acceptors (Lipinski definition) is 3. The molecule has 166 valence electrons. The maximum absolute atomic E-state index is 13.3. The van der Waals surface area contributed by atoms with Gasteiger partial charge in [-0.3, -0.25) is 14.2 Å². The molecule has 3 aromatic rings. The van der Waals surface area contributed by atoms with E-state index in [-0.39, 0.29) is 0 Å². The lowest BCUT2D eigenvalue weighted by Crippen LogP contribution is -2.22. The molecule has 0 bridgehead atoms. The topological polar surface area (TPSA) is 64.7 Å². The number of benzene rings is 1. The number of carbonyl (C=O) groups excluding carboxylic acids is 1. The predicted molar refractivity (Wildman–Crippen MR) is 108 cm³/mol. The van der Waals surface area contributed by atoms with Crippen molar-refractivity contribution in [1.29, 1.82) is 0 Å². The van der Waals surface area contributed by atoms with Gasteiger partial charge in [-0.2, -0.15) is 10.2 Å². The second-order valence-corrected chi connectivity index (χ2v) is 7.54. The Bertz CT molecular complexity index is 1110. The van der Waals surface area contributed by atoms with Crippen LogP contribution in [0.3, 0.4) is 0 Å². The summed E-state index contributed by atoms with van der Waals surface area (Å²) in [6.07, 6.45) is -6.33. The van der Waals surface area contributed by atoms with Crippen LogP contribution in [-0.2, 0) is 17.9 Å². The fraction of sp³-hybridized carbons (Fsp3) is 0.316. The van der Waals surface area contributed by atoms with Crippen molar-refractivity contribution in [2.24, 2.45) is 0 Å². The summed E-state index contributed by atoms with van der Waals surface area (Å²) in [5, 5.41) is 10.1. The number of nitrogens with one attached hydrogen (secondary N) is 1. The van der Waals surface area contributed by atoms with E-state index in [1.807, 2.05) is 6.07 Å². The molecule has 0 radical (unpaired) electrons. The van der Waals surface area contributed by atoms with E-state index < -0.39 is 41.7 Å². The van der Waals surface area contributed by atoms with Crippen LogP contribution in [0, 0.1) is 13.8 Å². The summed E-state index contributed by atoms with van der Waals surface area (Å²) in [6.45, 7) is 3.07. The SMILES string of the molecule is Cc1nn(Cc2cccc(Cl)c2)c(C)c1NC(=O)Cn1nc(C(F)F)c(Cl)c1C(F)F. The van der Waals surface area contributed by atoms with E-state index in [9.17, 15) is 22.4 Å². The number of anilines is 1. The minimum absolute atomic E-state index is 0.387. The second kappa shape index (κ2) is 9.27. The molecule has 2 aromatic heterocycles. The van der Waals surface area contributed by atoms with Crippen LogP contribution in [0.15, 0.2) is 24.3 Å². The molecule has 0 aliphatic rings. The van der Waals surface area contributed by atoms with Crippen molar-refractivity contribution in [3.05, 3.63) is 62.6 Å². The van der Waals surface area contributed by atoms with E-state index in [0.29, 0.717) is 33.3 Å². The molecule has 6 nitrogen and oxygen atoms in total. The quantitative estimate of drug-likeness (QED) is 0.452. The van der Waals surface area contributed by atoms with Gasteiger partial charge in [-0.15, -0.1) is 0 Å². The lowest BCUT2D eigenvalue weighted by molar-refractivity contribution is -0.117. The molecule has 0 atom stereocenters. The molecule has 0 aliphatic heterocycles. The van der Waals surface area contributed by atoms with Gasteiger partial charge in [-0.05, 0) is 31.5 Å². The first-order valence-corrected chi connectivity index (χ1v) is 9.74. The van der Waals surface area contributed by atoms with Crippen LogP contribution in [0.4, 0.5) is 23.2 Å². The Morgan fingerprint density at radius 1 is 1.10 bits per heavy atom. The Morgan fingerprint density at radius 2 is 1.81 bits per heavy atom. The van der Waals surface area contributed by atoms with Crippen LogP contribution in [0.1, 0.15) is 41.2 Å². The minimum atomic E-state index is -3.18. The third kappa shape index (κ3) is 5.01. The number of hydrogen-bond donors (Lipinski definition) is 1. The Labute approximate surface area is 184 Å². The Hall–Kier alpha value is -2.59. The van der Waals surface area contributed by atoms with Crippen molar-refractivity contribution < 1.29 is 22.4 Å². The molecule has 0 saturated carbocycles. The molecule has 1 N–H and O–H groups in total.